The average molecular weight is 289 g/mol. The molecule has 88 valence electrons. The Hall–Kier alpha value is -0.246. The molecule has 0 saturated carbocycles. The summed E-state index contributed by atoms with van der Waals surface area (Å²) in [4.78, 5) is 21.5. The van der Waals surface area contributed by atoms with Crippen LogP contribution < -0.4 is 0 Å². The van der Waals surface area contributed by atoms with Crippen molar-refractivity contribution >= 4 is 36.8 Å². The van der Waals surface area contributed by atoms with Gasteiger partial charge in [-0.2, -0.15) is 9.81 Å². The second-order valence-electron chi connectivity index (χ2n) is 2.73. The van der Waals surface area contributed by atoms with E-state index in [2.05, 4.69) is 25.3 Å². The molecule has 0 aromatic carbocycles. The minimum Gasteiger partial charge on any atom is -0.784 e. The van der Waals surface area contributed by atoms with E-state index in [0.717, 1.165) is 0 Å². The molecule has 15 heavy (non-hydrogen) atoms. The van der Waals surface area contributed by atoms with Crippen LogP contribution in [0.15, 0.2) is 22.0 Å². The molecule has 0 atom stereocenters. The van der Waals surface area contributed by atoms with Crippen LogP contribution in [0.2, 0.25) is 0 Å². The molecular formula is C10H14NiO2S2. The summed E-state index contributed by atoms with van der Waals surface area (Å²) in [6, 6.07) is 0. The Morgan fingerprint density at radius 3 is 1.00 bits per heavy atom. The third-order valence-electron chi connectivity index (χ3n) is 0.813. The van der Waals surface area contributed by atoms with E-state index in [4.69, 9.17) is 0 Å². The molecule has 0 saturated heterocycles. The van der Waals surface area contributed by atoms with Crippen LogP contribution in [0, 0.1) is 0 Å². The quantitative estimate of drug-likeness (QED) is 0.442. The molecule has 0 aromatic rings. The molecule has 0 fully saturated rings. The van der Waals surface area contributed by atoms with Gasteiger partial charge in [0, 0.05) is 0 Å². The van der Waals surface area contributed by atoms with E-state index in [1.165, 1.54) is 26.0 Å². The number of carbonyl (C=O) groups excluding carboxylic acids is 2. The Labute approximate surface area is 112 Å². The standard InChI is InChI=1S/2C5H8OS.Ni/c2*1-4(6)3-5(2)7;/h2*3,7H,1-2H3;/q;;+2/p-2. The van der Waals surface area contributed by atoms with Crippen molar-refractivity contribution in [1.82, 2.24) is 0 Å². The minimum atomic E-state index is 0. The van der Waals surface area contributed by atoms with Gasteiger partial charge in [0.05, 0.1) is 0 Å². The van der Waals surface area contributed by atoms with Crippen molar-refractivity contribution in [3.05, 3.63) is 22.0 Å². The van der Waals surface area contributed by atoms with E-state index in [1.54, 1.807) is 13.8 Å². The number of carbonyl (C=O) groups is 2. The summed E-state index contributed by atoms with van der Waals surface area (Å²) >= 11 is 9.19. The van der Waals surface area contributed by atoms with Gasteiger partial charge in [-0.3, -0.25) is 9.59 Å². The summed E-state index contributed by atoms with van der Waals surface area (Å²) in [5.41, 5.74) is 0. The molecule has 2 nitrogen and oxygen atoms in total. The summed E-state index contributed by atoms with van der Waals surface area (Å²) in [6.07, 6.45) is 2.85. The van der Waals surface area contributed by atoms with Gasteiger partial charge in [0.1, 0.15) is 0 Å². The first-order chi connectivity index (χ1) is 6.25. The third kappa shape index (κ3) is 31.6. The maximum atomic E-state index is 10.1. The van der Waals surface area contributed by atoms with E-state index in [1.807, 2.05) is 0 Å². The van der Waals surface area contributed by atoms with Gasteiger partial charge in [-0.1, -0.05) is 13.8 Å². The van der Waals surface area contributed by atoms with Crippen LogP contribution in [0.25, 0.3) is 0 Å². The number of hydrogen-bond acceptors (Lipinski definition) is 4. The Balaban J connectivity index is -0.000000180. The predicted octanol–water partition coefficient (Wildman–Crippen LogP) is 2.05. The van der Waals surface area contributed by atoms with Crippen LogP contribution in [-0.2, 0) is 51.3 Å². The van der Waals surface area contributed by atoms with Gasteiger partial charge >= 0.3 is 16.5 Å². The van der Waals surface area contributed by atoms with Crippen molar-refractivity contribution in [2.24, 2.45) is 0 Å². The molecule has 0 aliphatic rings. The molecule has 0 unspecified atom stereocenters. The van der Waals surface area contributed by atoms with Crippen LogP contribution in [0.4, 0.5) is 0 Å². The first kappa shape index (κ1) is 20.2. The molecule has 0 N–H and O–H groups in total. The fraction of sp³-hybridized carbons (Fsp3) is 0.400. The van der Waals surface area contributed by atoms with Gasteiger partial charge in [0.2, 0.25) is 0 Å². The molecule has 0 bridgehead atoms. The molecular weight excluding hydrogens is 275 g/mol. The summed E-state index contributed by atoms with van der Waals surface area (Å²) < 4.78 is 0. The average Bonchev–Trinajstić information content (AvgIpc) is 1.79. The summed E-state index contributed by atoms with van der Waals surface area (Å²) in [5.74, 6) is 0.0417. The fourth-order valence-corrected chi connectivity index (χ4v) is 0.904. The molecule has 0 radical (unpaired) electrons. The van der Waals surface area contributed by atoms with Gasteiger partial charge in [-0.25, -0.2) is 0 Å². The van der Waals surface area contributed by atoms with Gasteiger partial charge in [0.25, 0.3) is 0 Å². The van der Waals surface area contributed by atoms with Crippen molar-refractivity contribution < 1.29 is 26.1 Å². The Bertz CT molecular complexity index is 235. The molecule has 5 heteroatoms. The molecule has 0 aromatic heterocycles. The first-order valence-electron chi connectivity index (χ1n) is 3.97. The summed E-state index contributed by atoms with van der Waals surface area (Å²) in [5, 5.41) is 0. The fourth-order valence-electron chi connectivity index (χ4n) is 0.572. The van der Waals surface area contributed by atoms with Gasteiger partial charge in [0.15, 0.2) is 11.6 Å². The summed E-state index contributed by atoms with van der Waals surface area (Å²) in [7, 11) is 0. The Kier molecular flexibility index (Phi) is 15.9. The maximum Gasteiger partial charge on any atom is 2.00 e. The molecule has 0 aliphatic heterocycles. The molecule has 0 rings (SSSR count). The molecule has 0 amide bonds. The number of allylic oxidation sites excluding steroid dienone is 4. The van der Waals surface area contributed by atoms with Gasteiger partial charge in [-0.05, 0) is 26.0 Å². The normalized spacial score (nSPS) is 10.7. The van der Waals surface area contributed by atoms with Gasteiger partial charge in [-0.15, -0.1) is 0 Å². The van der Waals surface area contributed by atoms with E-state index in [0.29, 0.717) is 9.81 Å². The summed E-state index contributed by atoms with van der Waals surface area (Å²) in [6.45, 7) is 6.40. The number of hydrogen-bond donors (Lipinski definition) is 0. The van der Waals surface area contributed by atoms with Crippen LogP contribution in [0.5, 0.6) is 0 Å². The predicted molar refractivity (Wildman–Crippen MR) is 63.6 cm³/mol. The van der Waals surface area contributed by atoms with E-state index in [-0.39, 0.29) is 28.1 Å². The number of ketones is 2. The van der Waals surface area contributed by atoms with Crippen molar-refractivity contribution in [2.75, 3.05) is 0 Å². The third-order valence-corrected chi connectivity index (χ3v) is 1.05. The first-order valence-corrected chi connectivity index (χ1v) is 4.79. The zero-order valence-electron chi connectivity index (χ0n) is 9.10. The Morgan fingerprint density at radius 2 is 1.00 bits per heavy atom. The smallest absolute Gasteiger partial charge is 0.784 e. The van der Waals surface area contributed by atoms with Crippen LogP contribution in [0.3, 0.4) is 0 Å². The molecule has 0 aliphatic carbocycles. The van der Waals surface area contributed by atoms with Crippen molar-refractivity contribution in [3.63, 3.8) is 0 Å². The maximum absolute atomic E-state index is 10.1. The largest absolute Gasteiger partial charge is 2.00 e. The zero-order valence-corrected chi connectivity index (χ0v) is 11.7. The SMILES string of the molecule is CC(=O)C=C(C)[S-].CC(=O)C=C(C)[S-].[Ni+2]. The molecule has 0 spiro atoms. The van der Waals surface area contributed by atoms with Gasteiger partial charge < -0.3 is 25.3 Å². The van der Waals surface area contributed by atoms with Crippen LogP contribution >= 0.6 is 0 Å². The minimum absolute atomic E-state index is 0. The monoisotopic (exact) mass is 288 g/mol. The second-order valence-corrected chi connectivity index (χ2v) is 4.02. The second kappa shape index (κ2) is 11.8. The zero-order chi connectivity index (χ0) is 11.7. The number of rotatable bonds is 2. The van der Waals surface area contributed by atoms with E-state index >= 15 is 0 Å². The van der Waals surface area contributed by atoms with Crippen LogP contribution in [0.1, 0.15) is 27.7 Å². The van der Waals surface area contributed by atoms with Crippen molar-refractivity contribution in [3.8, 4) is 0 Å². The molecule has 0 heterocycles. The topological polar surface area (TPSA) is 34.1 Å². The van der Waals surface area contributed by atoms with E-state index in [9.17, 15) is 9.59 Å². The van der Waals surface area contributed by atoms with Crippen molar-refractivity contribution in [1.29, 1.82) is 0 Å². The van der Waals surface area contributed by atoms with Crippen LogP contribution in [-0.4, -0.2) is 11.6 Å². The van der Waals surface area contributed by atoms with E-state index < -0.39 is 0 Å². The van der Waals surface area contributed by atoms with Crippen molar-refractivity contribution in [2.45, 2.75) is 27.7 Å². The Morgan fingerprint density at radius 1 is 0.800 bits per heavy atom.